The van der Waals surface area contributed by atoms with Gasteiger partial charge in [-0.25, -0.2) is 4.79 Å². The molecule has 3 rings (SSSR count). The van der Waals surface area contributed by atoms with Crippen LogP contribution in [0.15, 0.2) is 60.7 Å². The minimum absolute atomic E-state index is 0.0619. The molecule has 1 fully saturated rings. The van der Waals surface area contributed by atoms with Crippen LogP contribution < -0.4 is 4.90 Å². The maximum atomic E-state index is 13.0. The van der Waals surface area contributed by atoms with Crippen LogP contribution in [-0.4, -0.2) is 42.5 Å². The van der Waals surface area contributed by atoms with E-state index in [2.05, 4.69) is 17.0 Å². The molecule has 0 radical (unpaired) electrons. The molecule has 0 saturated carbocycles. The van der Waals surface area contributed by atoms with Crippen LogP contribution in [0.25, 0.3) is 0 Å². The van der Waals surface area contributed by atoms with Gasteiger partial charge in [0.1, 0.15) is 5.54 Å². The third kappa shape index (κ3) is 5.28. The molecule has 30 heavy (non-hydrogen) atoms. The van der Waals surface area contributed by atoms with Gasteiger partial charge in [0, 0.05) is 31.7 Å². The summed E-state index contributed by atoms with van der Waals surface area (Å²) < 4.78 is 5.19. The number of rotatable bonds is 6. The topological polar surface area (TPSA) is 49.9 Å². The Hall–Kier alpha value is -2.66. The van der Waals surface area contributed by atoms with E-state index in [1.54, 1.807) is 4.90 Å². The molecule has 0 spiro atoms. The van der Waals surface area contributed by atoms with E-state index in [1.807, 2.05) is 69.3 Å². The van der Waals surface area contributed by atoms with Gasteiger partial charge in [-0.3, -0.25) is 14.6 Å². The molecule has 0 N–H and O–H groups in total. The van der Waals surface area contributed by atoms with Crippen molar-refractivity contribution in [2.75, 3.05) is 25.1 Å². The molecule has 0 bridgehead atoms. The summed E-state index contributed by atoms with van der Waals surface area (Å²) in [5.41, 5.74) is 1.03. The summed E-state index contributed by atoms with van der Waals surface area (Å²) in [5, 5.41) is 0. The number of piperidine rings is 1. The number of methoxy groups -OCH3 is 1. The first-order valence-electron chi connectivity index (χ1n) is 10.8. The average molecular weight is 411 g/mol. The first kappa shape index (κ1) is 23.6. The molecule has 0 unspecified atom stereocenters. The summed E-state index contributed by atoms with van der Waals surface area (Å²) in [6, 6.07) is 19.8. The molecule has 1 amide bonds. The van der Waals surface area contributed by atoms with Crippen molar-refractivity contribution in [3.8, 4) is 0 Å². The number of likely N-dealkylation sites (tertiary alicyclic amines) is 1. The molecule has 0 aliphatic carbocycles. The minimum Gasteiger partial charge on any atom is -0.467 e. The van der Waals surface area contributed by atoms with Crippen molar-refractivity contribution >= 4 is 17.6 Å². The Kier molecular flexibility index (Phi) is 9.06. The largest absolute Gasteiger partial charge is 0.467 e. The first-order valence-corrected chi connectivity index (χ1v) is 10.8. The maximum Gasteiger partial charge on any atom is 0.332 e. The van der Waals surface area contributed by atoms with E-state index in [4.69, 9.17) is 4.74 Å². The highest BCUT2D eigenvalue weighted by molar-refractivity contribution is 6.02. The monoisotopic (exact) mass is 410 g/mol. The van der Waals surface area contributed by atoms with Gasteiger partial charge in [-0.1, -0.05) is 69.3 Å². The van der Waals surface area contributed by atoms with Crippen molar-refractivity contribution in [2.45, 2.75) is 52.1 Å². The molecule has 0 atom stereocenters. The molecule has 1 saturated heterocycles. The zero-order valence-electron chi connectivity index (χ0n) is 18.6. The number of amides is 1. The normalized spacial score (nSPS) is 15.5. The Morgan fingerprint density at radius 2 is 1.50 bits per heavy atom. The lowest BCUT2D eigenvalue weighted by molar-refractivity contribution is -0.151. The van der Waals surface area contributed by atoms with Gasteiger partial charge in [0.25, 0.3) is 0 Å². The van der Waals surface area contributed by atoms with Gasteiger partial charge in [-0.2, -0.15) is 0 Å². The molecular weight excluding hydrogens is 376 g/mol. The number of ether oxygens (including phenoxy) is 1. The molecule has 2 aromatic rings. The molecule has 1 aliphatic rings. The Morgan fingerprint density at radius 3 is 2.00 bits per heavy atom. The zero-order chi connectivity index (χ0) is 22.0. The lowest BCUT2D eigenvalue weighted by Crippen LogP contribution is -2.62. The van der Waals surface area contributed by atoms with Gasteiger partial charge in [0.05, 0.1) is 7.11 Å². The van der Waals surface area contributed by atoms with E-state index >= 15 is 0 Å². The fourth-order valence-corrected chi connectivity index (χ4v) is 4.00. The number of nitrogens with zero attached hydrogens (tertiary/aromatic N) is 2. The van der Waals surface area contributed by atoms with E-state index in [9.17, 15) is 9.59 Å². The standard InChI is InChI=1S/C23H28N2O3.C2H6/c1-3-21(26)25(20-12-8-5-9-13-20)23(22(27)28-2)14-16-24(17-15-23)18-19-10-6-4-7-11-19;1-2/h4-13H,3,14-18H2,1-2H3;1-2H3. The molecule has 1 heterocycles. The van der Waals surface area contributed by atoms with Crippen molar-refractivity contribution in [2.24, 2.45) is 0 Å². The summed E-state index contributed by atoms with van der Waals surface area (Å²) in [6.45, 7) is 8.12. The van der Waals surface area contributed by atoms with Gasteiger partial charge >= 0.3 is 5.97 Å². The number of carbonyl (C=O) groups excluding carboxylic acids is 2. The minimum atomic E-state index is -0.962. The molecular formula is C25H34N2O3. The van der Waals surface area contributed by atoms with Crippen LogP contribution in [0.1, 0.15) is 45.6 Å². The number of anilines is 1. The van der Waals surface area contributed by atoms with Crippen molar-refractivity contribution in [3.63, 3.8) is 0 Å². The second kappa shape index (κ2) is 11.5. The first-order chi connectivity index (χ1) is 14.6. The Labute approximate surface area is 180 Å². The molecule has 5 nitrogen and oxygen atoms in total. The highest BCUT2D eigenvalue weighted by Gasteiger charge is 2.49. The van der Waals surface area contributed by atoms with Gasteiger partial charge in [0.15, 0.2) is 0 Å². The second-order valence-electron chi connectivity index (χ2n) is 7.20. The smallest absolute Gasteiger partial charge is 0.332 e. The number of esters is 1. The third-order valence-corrected chi connectivity index (χ3v) is 5.49. The van der Waals surface area contributed by atoms with Crippen LogP contribution in [0.3, 0.4) is 0 Å². The quantitative estimate of drug-likeness (QED) is 0.650. The summed E-state index contributed by atoms with van der Waals surface area (Å²) in [7, 11) is 1.40. The highest BCUT2D eigenvalue weighted by atomic mass is 16.5. The Balaban J connectivity index is 0.00000155. The number of carbonyl (C=O) groups is 2. The fraction of sp³-hybridized carbons (Fsp3) is 0.440. The summed E-state index contributed by atoms with van der Waals surface area (Å²) in [6.07, 6.45) is 1.43. The van der Waals surface area contributed by atoms with E-state index in [0.717, 1.165) is 25.3 Å². The van der Waals surface area contributed by atoms with E-state index in [0.29, 0.717) is 19.3 Å². The van der Waals surface area contributed by atoms with Crippen LogP contribution in [0, 0.1) is 0 Å². The lowest BCUT2D eigenvalue weighted by atomic mass is 9.84. The van der Waals surface area contributed by atoms with E-state index in [-0.39, 0.29) is 11.9 Å². The Bertz CT molecular complexity index is 785. The van der Waals surface area contributed by atoms with Crippen molar-refractivity contribution in [3.05, 3.63) is 66.2 Å². The zero-order valence-corrected chi connectivity index (χ0v) is 18.6. The second-order valence-corrected chi connectivity index (χ2v) is 7.20. The maximum absolute atomic E-state index is 13.0. The number of hydrogen-bond acceptors (Lipinski definition) is 4. The fourth-order valence-electron chi connectivity index (χ4n) is 4.00. The number of para-hydroxylation sites is 1. The third-order valence-electron chi connectivity index (χ3n) is 5.49. The van der Waals surface area contributed by atoms with Crippen LogP contribution in [0.2, 0.25) is 0 Å². The molecule has 162 valence electrons. The van der Waals surface area contributed by atoms with E-state index in [1.165, 1.54) is 12.7 Å². The van der Waals surface area contributed by atoms with Gasteiger partial charge in [-0.05, 0) is 30.5 Å². The molecule has 1 aliphatic heterocycles. The highest BCUT2D eigenvalue weighted by Crippen LogP contribution is 2.35. The van der Waals surface area contributed by atoms with Gasteiger partial charge in [-0.15, -0.1) is 0 Å². The van der Waals surface area contributed by atoms with Gasteiger partial charge < -0.3 is 4.74 Å². The predicted octanol–water partition coefficient (Wildman–Crippen LogP) is 4.66. The van der Waals surface area contributed by atoms with Gasteiger partial charge in [0.2, 0.25) is 5.91 Å². The van der Waals surface area contributed by atoms with Crippen LogP contribution in [0.4, 0.5) is 5.69 Å². The van der Waals surface area contributed by atoms with Crippen molar-refractivity contribution < 1.29 is 14.3 Å². The number of benzene rings is 2. The lowest BCUT2D eigenvalue weighted by Gasteiger charge is -2.46. The predicted molar refractivity (Wildman–Crippen MR) is 121 cm³/mol. The molecule has 5 heteroatoms. The van der Waals surface area contributed by atoms with Crippen LogP contribution in [0.5, 0.6) is 0 Å². The average Bonchev–Trinajstić information content (AvgIpc) is 2.82. The summed E-state index contributed by atoms with van der Waals surface area (Å²) in [4.78, 5) is 29.9. The summed E-state index contributed by atoms with van der Waals surface area (Å²) in [5.74, 6) is -0.398. The Morgan fingerprint density at radius 1 is 0.967 bits per heavy atom. The molecule has 0 aromatic heterocycles. The van der Waals surface area contributed by atoms with E-state index < -0.39 is 5.54 Å². The van der Waals surface area contributed by atoms with Crippen molar-refractivity contribution in [1.82, 2.24) is 4.90 Å². The SMILES string of the molecule is CC.CCC(=O)N(c1ccccc1)C1(C(=O)OC)CCN(Cc2ccccc2)CC1. The summed E-state index contributed by atoms with van der Waals surface area (Å²) >= 11 is 0. The van der Waals surface area contributed by atoms with Crippen LogP contribution >= 0.6 is 0 Å². The number of hydrogen-bond donors (Lipinski definition) is 0. The van der Waals surface area contributed by atoms with Crippen molar-refractivity contribution in [1.29, 1.82) is 0 Å². The van der Waals surface area contributed by atoms with Crippen LogP contribution in [-0.2, 0) is 20.9 Å². The molecule has 2 aromatic carbocycles.